The van der Waals surface area contributed by atoms with Gasteiger partial charge in [-0.3, -0.25) is 19.2 Å². The smallest absolute Gasteiger partial charge is 0.243 e. The minimum atomic E-state index is -0.693. The molecule has 1 aromatic heterocycles. The Hall–Kier alpha value is -2.29. The molecule has 1 fully saturated rings. The number of carbonyl (C=O) groups is 4. The molecule has 2 heterocycles. The third kappa shape index (κ3) is 10.1. The Balaban J connectivity index is 1.96. The molecule has 0 saturated carbocycles. The molecule has 2 rings (SSSR count). The molecule has 1 saturated heterocycles. The lowest BCUT2D eigenvalue weighted by Crippen LogP contribution is -2.54. The maximum Gasteiger partial charge on any atom is 0.243 e. The van der Waals surface area contributed by atoms with Crippen molar-refractivity contribution in [3.8, 4) is 0 Å². The highest BCUT2D eigenvalue weighted by molar-refractivity contribution is 7.99. The maximum atomic E-state index is 13.2. The first-order valence-electron chi connectivity index (χ1n) is 12.7. The van der Waals surface area contributed by atoms with E-state index < -0.39 is 12.1 Å². The van der Waals surface area contributed by atoms with Crippen molar-refractivity contribution in [1.29, 1.82) is 0 Å². The van der Waals surface area contributed by atoms with Crippen LogP contribution < -0.4 is 10.6 Å². The molecule has 3 amide bonds. The number of amides is 3. The summed E-state index contributed by atoms with van der Waals surface area (Å²) < 4.78 is 5.32. The van der Waals surface area contributed by atoms with Crippen LogP contribution in [0.2, 0.25) is 0 Å². The average molecular weight is 508 g/mol. The van der Waals surface area contributed by atoms with Crippen LogP contribution in [0.15, 0.2) is 22.8 Å². The van der Waals surface area contributed by atoms with Gasteiger partial charge in [0, 0.05) is 25.9 Å². The van der Waals surface area contributed by atoms with Crippen LogP contribution in [-0.4, -0.2) is 59.3 Å². The van der Waals surface area contributed by atoms with Gasteiger partial charge in [0.25, 0.3) is 0 Å². The number of furan rings is 1. The third-order valence-corrected chi connectivity index (χ3v) is 7.25. The summed E-state index contributed by atoms with van der Waals surface area (Å²) in [5, 5.41) is 5.88. The standard InChI is InChI=1S/C26H41N3O5S/c1-5-6-9-22(24(31)17-35-16-21-8-7-14-34-21)27-26(33)23(15-18(2)3)28-25(32)20-10-12-29(13-11-20)19(4)30/h7-8,14,18,20,22-23H,5-6,9-13,15-17H2,1-4H3,(H,27,33)(H,28,32). The normalized spacial score (nSPS) is 16.1. The number of hydrogen-bond acceptors (Lipinski definition) is 6. The molecule has 2 unspecified atom stereocenters. The van der Waals surface area contributed by atoms with Gasteiger partial charge < -0.3 is 20.0 Å². The van der Waals surface area contributed by atoms with E-state index in [9.17, 15) is 19.2 Å². The van der Waals surface area contributed by atoms with Crippen molar-refractivity contribution in [2.45, 2.75) is 84.1 Å². The minimum absolute atomic E-state index is 0.0189. The molecule has 1 aliphatic heterocycles. The Morgan fingerprint density at radius 3 is 2.43 bits per heavy atom. The number of thioether (sulfide) groups is 1. The minimum Gasteiger partial charge on any atom is -0.468 e. The van der Waals surface area contributed by atoms with Crippen LogP contribution >= 0.6 is 11.8 Å². The number of unbranched alkanes of at least 4 members (excludes halogenated alkanes) is 1. The molecule has 2 N–H and O–H groups in total. The summed E-state index contributed by atoms with van der Waals surface area (Å²) in [6.45, 7) is 8.70. The number of likely N-dealkylation sites (tertiary alicyclic amines) is 1. The summed E-state index contributed by atoms with van der Waals surface area (Å²) in [5.41, 5.74) is 0. The zero-order chi connectivity index (χ0) is 25.8. The molecule has 0 aromatic carbocycles. The lowest BCUT2D eigenvalue weighted by atomic mass is 9.94. The van der Waals surface area contributed by atoms with E-state index >= 15 is 0 Å². The van der Waals surface area contributed by atoms with Crippen molar-refractivity contribution < 1.29 is 23.6 Å². The van der Waals surface area contributed by atoms with Gasteiger partial charge in [0.2, 0.25) is 17.7 Å². The van der Waals surface area contributed by atoms with Gasteiger partial charge >= 0.3 is 0 Å². The number of nitrogens with one attached hydrogen (secondary N) is 2. The van der Waals surface area contributed by atoms with Gasteiger partial charge in [-0.05, 0) is 43.7 Å². The second-order valence-corrected chi connectivity index (χ2v) is 10.7. The number of ketones is 1. The van der Waals surface area contributed by atoms with Crippen molar-refractivity contribution in [2.75, 3.05) is 18.8 Å². The Labute approximate surface area is 213 Å². The Kier molecular flexibility index (Phi) is 12.4. The molecule has 0 bridgehead atoms. The molecule has 2 atom stereocenters. The number of nitrogens with zero attached hydrogens (tertiary/aromatic N) is 1. The van der Waals surface area contributed by atoms with Crippen molar-refractivity contribution >= 4 is 35.3 Å². The lowest BCUT2D eigenvalue weighted by Gasteiger charge is -2.32. The summed E-state index contributed by atoms with van der Waals surface area (Å²) >= 11 is 1.47. The van der Waals surface area contributed by atoms with Gasteiger partial charge in [-0.15, -0.1) is 11.8 Å². The van der Waals surface area contributed by atoms with Crippen molar-refractivity contribution in [3.63, 3.8) is 0 Å². The number of rotatable bonds is 14. The van der Waals surface area contributed by atoms with E-state index in [1.807, 2.05) is 32.9 Å². The van der Waals surface area contributed by atoms with Gasteiger partial charge in [-0.1, -0.05) is 33.6 Å². The van der Waals surface area contributed by atoms with E-state index in [-0.39, 0.29) is 41.1 Å². The summed E-state index contributed by atoms with van der Waals surface area (Å²) in [7, 11) is 0. The van der Waals surface area contributed by atoms with Crippen LogP contribution in [0.3, 0.4) is 0 Å². The molecule has 1 aliphatic rings. The van der Waals surface area contributed by atoms with Crippen molar-refractivity contribution in [2.24, 2.45) is 11.8 Å². The quantitative estimate of drug-likeness (QED) is 0.399. The molecular formula is C26H41N3O5S. The van der Waals surface area contributed by atoms with Crippen LogP contribution in [0.5, 0.6) is 0 Å². The zero-order valence-electron chi connectivity index (χ0n) is 21.5. The zero-order valence-corrected chi connectivity index (χ0v) is 22.3. The Morgan fingerprint density at radius 2 is 1.86 bits per heavy atom. The van der Waals surface area contributed by atoms with Crippen LogP contribution in [0.25, 0.3) is 0 Å². The highest BCUT2D eigenvalue weighted by atomic mass is 32.2. The second kappa shape index (κ2) is 15.0. The fourth-order valence-electron chi connectivity index (χ4n) is 4.19. The molecule has 35 heavy (non-hydrogen) atoms. The van der Waals surface area contributed by atoms with E-state index in [0.29, 0.717) is 44.5 Å². The van der Waals surface area contributed by atoms with Crippen molar-refractivity contribution in [3.05, 3.63) is 24.2 Å². The summed E-state index contributed by atoms with van der Waals surface area (Å²) in [6, 6.07) is 2.42. The maximum absolute atomic E-state index is 13.2. The third-order valence-electron chi connectivity index (χ3n) is 6.27. The molecular weight excluding hydrogens is 466 g/mol. The Bertz CT molecular complexity index is 819. The van der Waals surface area contributed by atoms with Crippen LogP contribution in [-0.2, 0) is 24.9 Å². The monoisotopic (exact) mass is 507 g/mol. The highest BCUT2D eigenvalue weighted by Crippen LogP contribution is 2.19. The predicted molar refractivity (Wildman–Crippen MR) is 138 cm³/mol. The van der Waals surface area contributed by atoms with Crippen molar-refractivity contribution in [1.82, 2.24) is 15.5 Å². The first-order valence-corrected chi connectivity index (χ1v) is 13.9. The summed E-state index contributed by atoms with van der Waals surface area (Å²) in [6.07, 6.45) is 5.61. The molecule has 196 valence electrons. The number of Topliss-reactive ketones (excluding diaryl/α,β-unsaturated/α-hetero) is 1. The Morgan fingerprint density at radius 1 is 1.14 bits per heavy atom. The average Bonchev–Trinajstić information content (AvgIpc) is 3.34. The molecule has 8 nitrogen and oxygen atoms in total. The van der Waals surface area contributed by atoms with E-state index in [4.69, 9.17) is 4.42 Å². The van der Waals surface area contributed by atoms with Gasteiger partial charge in [0.05, 0.1) is 23.8 Å². The largest absolute Gasteiger partial charge is 0.468 e. The van der Waals surface area contributed by atoms with Gasteiger partial charge in [0.15, 0.2) is 5.78 Å². The molecule has 0 aliphatic carbocycles. The topological polar surface area (TPSA) is 109 Å². The molecule has 0 radical (unpaired) electrons. The van der Waals surface area contributed by atoms with Gasteiger partial charge in [-0.25, -0.2) is 0 Å². The summed E-state index contributed by atoms with van der Waals surface area (Å²) in [5.74, 6) is 1.21. The number of carbonyl (C=O) groups excluding carboxylic acids is 4. The highest BCUT2D eigenvalue weighted by Gasteiger charge is 2.31. The van der Waals surface area contributed by atoms with E-state index in [0.717, 1.165) is 18.6 Å². The molecule has 9 heteroatoms. The molecule has 1 aromatic rings. The lowest BCUT2D eigenvalue weighted by molar-refractivity contribution is -0.136. The number of piperidine rings is 1. The first-order chi connectivity index (χ1) is 16.7. The van der Waals surface area contributed by atoms with Gasteiger partial charge in [0.1, 0.15) is 11.8 Å². The van der Waals surface area contributed by atoms with Crippen LogP contribution in [0.1, 0.15) is 72.0 Å². The first kappa shape index (κ1) is 28.9. The van der Waals surface area contributed by atoms with E-state index in [2.05, 4.69) is 10.6 Å². The summed E-state index contributed by atoms with van der Waals surface area (Å²) in [4.78, 5) is 52.4. The fraction of sp³-hybridized carbons (Fsp3) is 0.692. The second-order valence-electron chi connectivity index (χ2n) is 9.71. The number of hydrogen-bond donors (Lipinski definition) is 2. The predicted octanol–water partition coefficient (Wildman–Crippen LogP) is 3.55. The van der Waals surface area contributed by atoms with Crippen LogP contribution in [0.4, 0.5) is 0 Å². The van der Waals surface area contributed by atoms with E-state index in [1.54, 1.807) is 11.2 Å². The van der Waals surface area contributed by atoms with Gasteiger partial charge in [-0.2, -0.15) is 0 Å². The fourth-order valence-corrected chi connectivity index (χ4v) is 5.06. The van der Waals surface area contributed by atoms with E-state index in [1.165, 1.54) is 18.7 Å². The SMILES string of the molecule is CCCCC(NC(=O)C(CC(C)C)NC(=O)C1CCN(C(C)=O)CC1)C(=O)CSCc1ccco1. The van der Waals surface area contributed by atoms with Crippen LogP contribution in [0, 0.1) is 11.8 Å². The molecule has 0 spiro atoms.